The molecule has 1 atom stereocenters. The van der Waals surface area contributed by atoms with E-state index in [9.17, 15) is 24.8 Å². The molecule has 2 fully saturated rings. The van der Waals surface area contributed by atoms with Gasteiger partial charge in [0.1, 0.15) is 5.76 Å². The molecule has 2 aromatic rings. The summed E-state index contributed by atoms with van der Waals surface area (Å²) in [6.45, 7) is 3.91. The predicted octanol–water partition coefficient (Wildman–Crippen LogP) is 3.50. The van der Waals surface area contributed by atoms with Crippen molar-refractivity contribution >= 4 is 39.1 Å². The molecule has 2 saturated heterocycles. The number of carbonyl (C=O) groups is 2. The molecule has 2 aliphatic heterocycles. The van der Waals surface area contributed by atoms with Crippen LogP contribution in [0.1, 0.15) is 23.6 Å². The smallest absolute Gasteiger partial charge is 0.295 e. The van der Waals surface area contributed by atoms with Crippen LogP contribution < -0.4 is 0 Å². The molecule has 0 aromatic heterocycles. The van der Waals surface area contributed by atoms with E-state index in [1.165, 1.54) is 23.1 Å². The van der Waals surface area contributed by atoms with E-state index in [2.05, 4.69) is 20.8 Å². The van der Waals surface area contributed by atoms with Gasteiger partial charge in [-0.15, -0.1) is 0 Å². The van der Waals surface area contributed by atoms with Gasteiger partial charge < -0.3 is 14.7 Å². The van der Waals surface area contributed by atoms with Crippen LogP contribution in [0.25, 0.3) is 5.76 Å². The third-order valence-electron chi connectivity index (χ3n) is 6.03. The summed E-state index contributed by atoms with van der Waals surface area (Å²) in [7, 11) is 0. The first kappa shape index (κ1) is 24.1. The lowest BCUT2D eigenvalue weighted by molar-refractivity contribution is -0.384. The average molecular weight is 530 g/mol. The SMILES string of the molecule is O=C1C(=O)N(CCCN2CCOCC2)[C@H](c2cccc([N+](=O)[O-])c2)/C1=C(\O)c1ccc(Br)cc1. The van der Waals surface area contributed by atoms with Gasteiger partial charge in [0.2, 0.25) is 0 Å². The minimum atomic E-state index is -0.923. The first-order valence-corrected chi connectivity index (χ1v) is 11.7. The number of hydrogen-bond donors (Lipinski definition) is 1. The highest BCUT2D eigenvalue weighted by Crippen LogP contribution is 2.40. The molecule has 0 saturated carbocycles. The highest BCUT2D eigenvalue weighted by Gasteiger charge is 2.46. The van der Waals surface area contributed by atoms with Crippen molar-refractivity contribution in [2.75, 3.05) is 39.4 Å². The summed E-state index contributed by atoms with van der Waals surface area (Å²) >= 11 is 3.34. The van der Waals surface area contributed by atoms with Crippen LogP contribution in [0.5, 0.6) is 0 Å². The molecule has 4 rings (SSSR count). The quantitative estimate of drug-likeness (QED) is 0.192. The number of benzene rings is 2. The molecule has 34 heavy (non-hydrogen) atoms. The van der Waals surface area contributed by atoms with Gasteiger partial charge in [0.15, 0.2) is 0 Å². The van der Waals surface area contributed by atoms with Gasteiger partial charge in [-0.25, -0.2) is 0 Å². The Morgan fingerprint density at radius 2 is 1.82 bits per heavy atom. The third-order valence-corrected chi connectivity index (χ3v) is 6.56. The second-order valence-corrected chi connectivity index (χ2v) is 9.07. The standard InChI is InChI=1S/C24H24BrN3O6/c25-18-7-5-16(6-8-18)22(29)20-21(17-3-1-4-19(15-17)28(32)33)27(24(31)23(20)30)10-2-9-26-11-13-34-14-12-26/h1,3-8,15,21,29H,2,9-14H2/b22-20+/t21-/m1/s1. The number of nitro benzene ring substituents is 1. The highest BCUT2D eigenvalue weighted by molar-refractivity contribution is 9.10. The van der Waals surface area contributed by atoms with Crippen LogP contribution in [0.3, 0.4) is 0 Å². The number of ether oxygens (including phenoxy) is 1. The number of Topliss-reactive ketones (excluding diaryl/α,β-unsaturated/α-hetero) is 1. The van der Waals surface area contributed by atoms with E-state index in [0.717, 1.165) is 24.1 Å². The van der Waals surface area contributed by atoms with Gasteiger partial charge in [-0.05, 0) is 24.1 Å². The monoisotopic (exact) mass is 529 g/mol. The third kappa shape index (κ3) is 5.03. The van der Waals surface area contributed by atoms with Crippen LogP contribution in [0, 0.1) is 10.1 Å². The Kier molecular flexibility index (Phi) is 7.40. The van der Waals surface area contributed by atoms with Gasteiger partial charge in [0, 0.05) is 48.3 Å². The highest BCUT2D eigenvalue weighted by atomic mass is 79.9. The van der Waals surface area contributed by atoms with Crippen molar-refractivity contribution in [3.8, 4) is 0 Å². The first-order valence-electron chi connectivity index (χ1n) is 11.0. The summed E-state index contributed by atoms with van der Waals surface area (Å²) in [6, 6.07) is 11.6. The van der Waals surface area contributed by atoms with Crippen LogP contribution in [0.4, 0.5) is 5.69 Å². The maximum atomic E-state index is 13.1. The molecule has 0 aliphatic carbocycles. The second-order valence-electron chi connectivity index (χ2n) is 8.16. The molecule has 2 aliphatic rings. The van der Waals surface area contributed by atoms with Crippen LogP contribution in [-0.4, -0.2) is 70.9 Å². The van der Waals surface area contributed by atoms with Crippen molar-refractivity contribution in [1.82, 2.24) is 9.80 Å². The largest absolute Gasteiger partial charge is 0.507 e. The number of nitrogens with zero attached hydrogens (tertiary/aromatic N) is 3. The second kappa shape index (κ2) is 10.5. The molecule has 2 aromatic carbocycles. The van der Waals surface area contributed by atoms with Crippen molar-refractivity contribution < 1.29 is 24.4 Å². The Morgan fingerprint density at radius 1 is 1.12 bits per heavy atom. The number of carbonyl (C=O) groups excluding carboxylic acids is 2. The van der Waals surface area contributed by atoms with Gasteiger partial charge >= 0.3 is 0 Å². The maximum absolute atomic E-state index is 13.1. The van der Waals surface area contributed by atoms with Crippen molar-refractivity contribution in [3.63, 3.8) is 0 Å². The van der Waals surface area contributed by atoms with E-state index < -0.39 is 22.7 Å². The van der Waals surface area contributed by atoms with Crippen LogP contribution >= 0.6 is 15.9 Å². The van der Waals surface area contributed by atoms with Gasteiger partial charge in [-0.3, -0.25) is 24.6 Å². The number of ketones is 1. The number of aliphatic hydroxyl groups is 1. The van der Waals surface area contributed by atoms with Gasteiger partial charge in [-0.2, -0.15) is 0 Å². The molecule has 0 radical (unpaired) electrons. The van der Waals surface area contributed by atoms with E-state index >= 15 is 0 Å². The van der Waals surface area contributed by atoms with Gasteiger partial charge in [0.05, 0.1) is 29.8 Å². The molecule has 0 bridgehead atoms. The first-order chi connectivity index (χ1) is 16.4. The number of morpholine rings is 1. The van der Waals surface area contributed by atoms with Gasteiger partial charge in [-0.1, -0.05) is 40.2 Å². The van der Waals surface area contributed by atoms with E-state index in [1.807, 2.05) is 0 Å². The molecule has 1 N–H and O–H groups in total. The molecule has 1 amide bonds. The normalized spacial score (nSPS) is 20.6. The molecule has 0 spiro atoms. The predicted molar refractivity (Wildman–Crippen MR) is 128 cm³/mol. The molecule has 178 valence electrons. The summed E-state index contributed by atoms with van der Waals surface area (Å²) < 4.78 is 6.16. The van der Waals surface area contributed by atoms with Crippen molar-refractivity contribution in [1.29, 1.82) is 0 Å². The summed E-state index contributed by atoms with van der Waals surface area (Å²) in [5, 5.41) is 22.4. The minimum absolute atomic E-state index is 0.0702. The molecular formula is C24H24BrN3O6. The van der Waals surface area contributed by atoms with E-state index in [1.54, 1.807) is 30.3 Å². The summed E-state index contributed by atoms with van der Waals surface area (Å²) in [4.78, 5) is 40.6. The number of non-ortho nitro benzene ring substituents is 1. The lowest BCUT2D eigenvalue weighted by Gasteiger charge is -2.29. The zero-order chi connectivity index (χ0) is 24.2. The van der Waals surface area contributed by atoms with Crippen LogP contribution in [0.2, 0.25) is 0 Å². The van der Waals surface area contributed by atoms with Crippen LogP contribution in [0.15, 0.2) is 58.6 Å². The summed E-state index contributed by atoms with van der Waals surface area (Å²) in [6.07, 6.45) is 0.608. The molecular weight excluding hydrogens is 506 g/mol. The van der Waals surface area contributed by atoms with Crippen LogP contribution in [-0.2, 0) is 14.3 Å². The molecule has 10 heteroatoms. The number of nitro groups is 1. The molecule has 9 nitrogen and oxygen atoms in total. The summed E-state index contributed by atoms with van der Waals surface area (Å²) in [5.41, 5.74) is 0.558. The van der Waals surface area contributed by atoms with Crippen molar-refractivity contribution in [2.45, 2.75) is 12.5 Å². The Hall–Kier alpha value is -3.08. The molecule has 2 heterocycles. The van der Waals surface area contributed by atoms with Crippen molar-refractivity contribution in [2.24, 2.45) is 0 Å². The topological polar surface area (TPSA) is 113 Å². The molecule has 0 unspecified atom stereocenters. The number of amides is 1. The number of likely N-dealkylation sites (tertiary alicyclic amines) is 1. The van der Waals surface area contributed by atoms with Gasteiger partial charge in [0.25, 0.3) is 17.4 Å². The Balaban J connectivity index is 1.70. The number of rotatable bonds is 7. The zero-order valence-corrected chi connectivity index (χ0v) is 19.9. The minimum Gasteiger partial charge on any atom is -0.507 e. The Bertz CT molecular complexity index is 1130. The summed E-state index contributed by atoms with van der Waals surface area (Å²) in [5.74, 6) is -1.83. The Morgan fingerprint density at radius 3 is 2.50 bits per heavy atom. The number of halogens is 1. The fraction of sp³-hybridized carbons (Fsp3) is 0.333. The van der Waals surface area contributed by atoms with E-state index in [-0.39, 0.29) is 23.6 Å². The zero-order valence-electron chi connectivity index (χ0n) is 18.4. The lowest BCUT2D eigenvalue weighted by atomic mass is 9.95. The van der Waals surface area contributed by atoms with E-state index in [4.69, 9.17) is 4.74 Å². The fourth-order valence-corrected chi connectivity index (χ4v) is 4.58. The Labute approximate surface area is 204 Å². The number of aliphatic hydroxyl groups excluding tert-OH is 1. The van der Waals surface area contributed by atoms with Crippen molar-refractivity contribution in [3.05, 3.63) is 79.8 Å². The van der Waals surface area contributed by atoms with E-state index in [0.29, 0.717) is 30.8 Å². The lowest BCUT2D eigenvalue weighted by Crippen LogP contribution is -2.39. The fourth-order valence-electron chi connectivity index (χ4n) is 4.32. The number of hydrogen-bond acceptors (Lipinski definition) is 7. The maximum Gasteiger partial charge on any atom is 0.295 e. The average Bonchev–Trinajstić information content (AvgIpc) is 3.10.